The van der Waals surface area contributed by atoms with Crippen molar-refractivity contribution in [2.75, 3.05) is 37.6 Å². The van der Waals surface area contributed by atoms with E-state index in [0.717, 1.165) is 77.6 Å². The van der Waals surface area contributed by atoms with E-state index in [9.17, 15) is 9.90 Å². The molecule has 52 heavy (non-hydrogen) atoms. The Bertz CT molecular complexity index is 1870. The number of carbonyl (C=O) groups excluding carboxylic acids is 1. The molecule has 0 unspecified atom stereocenters. The molecule has 0 aliphatic carbocycles. The predicted octanol–water partition coefficient (Wildman–Crippen LogP) is 6.25. The van der Waals surface area contributed by atoms with Crippen molar-refractivity contribution in [1.29, 1.82) is 0 Å². The van der Waals surface area contributed by atoms with Gasteiger partial charge in [0.2, 0.25) is 5.95 Å². The normalized spacial score (nSPS) is 20.7. The lowest BCUT2D eigenvalue weighted by atomic mass is 9.89. The van der Waals surface area contributed by atoms with Gasteiger partial charge < -0.3 is 30.1 Å². The van der Waals surface area contributed by atoms with E-state index in [0.29, 0.717) is 13.1 Å². The Balaban J connectivity index is 1.01. The molecule has 0 saturated carbocycles. The van der Waals surface area contributed by atoms with E-state index in [-0.39, 0.29) is 30.8 Å². The molecule has 10 nitrogen and oxygen atoms in total. The Morgan fingerprint density at radius 2 is 1.40 bits per heavy atom. The van der Waals surface area contributed by atoms with Gasteiger partial charge in [0.15, 0.2) is 6.29 Å². The lowest BCUT2D eigenvalue weighted by Crippen LogP contribution is -2.51. The quantitative estimate of drug-likeness (QED) is 0.149. The first kappa shape index (κ1) is 35.3. The number of rotatable bonds is 11. The molecule has 2 fully saturated rings. The molecule has 1 aromatic heterocycles. The van der Waals surface area contributed by atoms with Crippen molar-refractivity contribution < 1.29 is 19.4 Å². The Labute approximate surface area is 305 Å². The highest BCUT2D eigenvalue weighted by Crippen LogP contribution is 2.42. The molecule has 0 bridgehead atoms. The van der Waals surface area contributed by atoms with Crippen LogP contribution in [0, 0.1) is 5.92 Å². The smallest absolute Gasteiger partial charge is 0.315 e. The maximum Gasteiger partial charge on any atom is 0.315 e. The second-order valence-electron chi connectivity index (χ2n) is 13.5. The molecule has 2 aliphatic rings. The van der Waals surface area contributed by atoms with Crippen molar-refractivity contribution >= 4 is 12.0 Å². The number of nitrogens with zero attached hydrogens (tertiary/aromatic N) is 4. The number of ether oxygens (including phenoxy) is 2. The molecule has 2 amide bonds. The third kappa shape index (κ3) is 8.83. The number of carbonyl (C=O) groups is 1. The van der Waals surface area contributed by atoms with Crippen LogP contribution in [-0.2, 0) is 29.2 Å². The van der Waals surface area contributed by atoms with Gasteiger partial charge in [0, 0.05) is 69.7 Å². The summed E-state index contributed by atoms with van der Waals surface area (Å²) < 4.78 is 13.5. The van der Waals surface area contributed by atoms with Crippen molar-refractivity contribution in [3.05, 3.63) is 149 Å². The number of hydrogen-bond acceptors (Lipinski definition) is 8. The minimum absolute atomic E-state index is 0.00553. The minimum atomic E-state index is -0.540. The van der Waals surface area contributed by atoms with Crippen LogP contribution in [0.1, 0.15) is 47.1 Å². The summed E-state index contributed by atoms with van der Waals surface area (Å²) in [4.78, 5) is 26.0. The standard InChI is InChI=1S/C42H46N6O4/c1-30-38(28-47-21-23-48(24-22-47)41-43-19-6-20-44-41)51-40(52-39(30)35-13-11-32(29-49)12-14-35)36-17-15-34(16-18-36)37-10-5-9-33(25-37)27-46-42(50)45-26-31-7-3-2-4-8-31/h2-20,25,30,38-40,49H,21-24,26-29H2,1H3,(H2,45,46,50)/t30-,38+,39+,40+/m1/s1. The highest BCUT2D eigenvalue weighted by atomic mass is 16.7. The van der Waals surface area contributed by atoms with Crippen LogP contribution in [0.5, 0.6) is 0 Å². The summed E-state index contributed by atoms with van der Waals surface area (Å²) in [6.07, 6.45) is 2.80. The van der Waals surface area contributed by atoms with E-state index < -0.39 is 6.29 Å². The maximum absolute atomic E-state index is 12.4. The van der Waals surface area contributed by atoms with Crippen molar-refractivity contribution in [3.8, 4) is 11.1 Å². The number of benzene rings is 4. The Morgan fingerprint density at radius 1 is 0.731 bits per heavy atom. The lowest BCUT2D eigenvalue weighted by molar-refractivity contribution is -0.276. The molecule has 2 saturated heterocycles. The minimum Gasteiger partial charge on any atom is -0.392 e. The fourth-order valence-corrected chi connectivity index (χ4v) is 6.88. The first-order valence-corrected chi connectivity index (χ1v) is 18.0. The van der Waals surface area contributed by atoms with Crippen molar-refractivity contribution in [1.82, 2.24) is 25.5 Å². The molecule has 4 aromatic carbocycles. The van der Waals surface area contributed by atoms with Crippen LogP contribution in [0.25, 0.3) is 11.1 Å². The van der Waals surface area contributed by atoms with E-state index in [1.165, 1.54) is 0 Å². The van der Waals surface area contributed by atoms with Gasteiger partial charge in [-0.1, -0.05) is 104 Å². The molecule has 3 heterocycles. The third-order valence-corrected chi connectivity index (χ3v) is 9.96. The SMILES string of the molecule is C[C@@H]1[C@H](CN2CCN(c3ncccn3)CC2)O[C@H](c2ccc(-c3cccc(CNC(=O)NCc4ccccc4)c3)cc2)O[C@@H]1c1ccc(CO)cc1. The second kappa shape index (κ2) is 16.9. The van der Waals surface area contributed by atoms with E-state index in [2.05, 4.69) is 85.9 Å². The number of hydrogen-bond donors (Lipinski definition) is 3. The van der Waals surface area contributed by atoms with E-state index in [4.69, 9.17) is 9.47 Å². The molecule has 268 valence electrons. The summed E-state index contributed by atoms with van der Waals surface area (Å²) in [5.41, 5.74) is 7.10. The van der Waals surface area contributed by atoms with E-state index >= 15 is 0 Å². The lowest BCUT2D eigenvalue weighted by Gasteiger charge is -2.44. The van der Waals surface area contributed by atoms with Gasteiger partial charge in [-0.05, 0) is 45.5 Å². The Morgan fingerprint density at radius 3 is 2.12 bits per heavy atom. The van der Waals surface area contributed by atoms with Gasteiger partial charge in [-0.2, -0.15) is 0 Å². The first-order valence-electron chi connectivity index (χ1n) is 18.0. The fraction of sp³-hybridized carbons (Fsp3) is 0.310. The maximum atomic E-state index is 12.4. The number of aliphatic hydroxyl groups is 1. The number of amides is 2. The summed E-state index contributed by atoms with van der Waals surface area (Å²) in [6.45, 7) is 7.41. The largest absolute Gasteiger partial charge is 0.392 e. The molecular weight excluding hydrogens is 653 g/mol. The second-order valence-corrected chi connectivity index (χ2v) is 13.5. The van der Waals surface area contributed by atoms with Crippen molar-refractivity contribution in [2.45, 2.75) is 45.1 Å². The van der Waals surface area contributed by atoms with Crippen molar-refractivity contribution in [3.63, 3.8) is 0 Å². The van der Waals surface area contributed by atoms with Gasteiger partial charge in [-0.25, -0.2) is 14.8 Å². The summed E-state index contributed by atoms with van der Waals surface area (Å²) in [5, 5.41) is 15.5. The van der Waals surface area contributed by atoms with Crippen molar-refractivity contribution in [2.24, 2.45) is 5.92 Å². The Kier molecular flexibility index (Phi) is 11.5. The highest BCUT2D eigenvalue weighted by Gasteiger charge is 2.39. The number of anilines is 1. The van der Waals surface area contributed by atoms with Gasteiger partial charge in [-0.3, -0.25) is 4.90 Å². The van der Waals surface area contributed by atoms with Crippen LogP contribution < -0.4 is 15.5 Å². The Hall–Kier alpha value is -5.13. The summed E-state index contributed by atoms with van der Waals surface area (Å²) in [7, 11) is 0. The zero-order valence-corrected chi connectivity index (χ0v) is 29.5. The summed E-state index contributed by atoms with van der Waals surface area (Å²) in [5.74, 6) is 0.876. The molecule has 4 atom stereocenters. The van der Waals surface area contributed by atoms with Crippen LogP contribution in [0.2, 0.25) is 0 Å². The van der Waals surface area contributed by atoms with Crippen LogP contribution >= 0.6 is 0 Å². The van der Waals surface area contributed by atoms with Crippen LogP contribution in [-0.4, -0.2) is 64.8 Å². The molecule has 2 aliphatic heterocycles. The summed E-state index contributed by atoms with van der Waals surface area (Å²) >= 11 is 0. The van der Waals surface area contributed by atoms with Gasteiger partial charge >= 0.3 is 6.03 Å². The molecule has 10 heteroatoms. The van der Waals surface area contributed by atoms with Gasteiger partial charge in [0.1, 0.15) is 0 Å². The highest BCUT2D eigenvalue weighted by molar-refractivity contribution is 5.74. The predicted molar refractivity (Wildman–Crippen MR) is 201 cm³/mol. The summed E-state index contributed by atoms with van der Waals surface area (Å²) in [6, 6.07) is 36.1. The van der Waals surface area contributed by atoms with Gasteiger partial charge in [0.25, 0.3) is 0 Å². The van der Waals surface area contributed by atoms with E-state index in [1.807, 2.05) is 60.7 Å². The van der Waals surface area contributed by atoms with Gasteiger partial charge in [-0.15, -0.1) is 0 Å². The number of piperazine rings is 1. The zero-order valence-electron chi connectivity index (χ0n) is 29.5. The molecule has 3 N–H and O–H groups in total. The molecular formula is C42H46N6O4. The monoisotopic (exact) mass is 698 g/mol. The van der Waals surface area contributed by atoms with Crippen LogP contribution in [0.4, 0.5) is 10.7 Å². The molecule has 7 rings (SSSR count). The number of aromatic nitrogens is 2. The first-order chi connectivity index (χ1) is 25.5. The van der Waals surface area contributed by atoms with Crippen LogP contribution in [0.3, 0.4) is 0 Å². The average molecular weight is 699 g/mol. The third-order valence-electron chi connectivity index (χ3n) is 9.96. The van der Waals surface area contributed by atoms with Crippen LogP contribution in [0.15, 0.2) is 122 Å². The molecule has 0 radical (unpaired) electrons. The molecule has 5 aromatic rings. The topological polar surface area (TPSA) is 112 Å². The average Bonchev–Trinajstić information content (AvgIpc) is 3.21. The molecule has 0 spiro atoms. The number of aliphatic hydroxyl groups excluding tert-OH is 1. The van der Waals surface area contributed by atoms with Gasteiger partial charge in [0.05, 0.1) is 18.8 Å². The zero-order chi connectivity index (χ0) is 35.7. The number of urea groups is 1. The number of nitrogens with one attached hydrogen (secondary N) is 2. The fourth-order valence-electron chi connectivity index (χ4n) is 6.88. The van der Waals surface area contributed by atoms with E-state index in [1.54, 1.807) is 12.4 Å².